The summed E-state index contributed by atoms with van der Waals surface area (Å²) in [6.07, 6.45) is 63.1. The van der Waals surface area contributed by atoms with Gasteiger partial charge in [0.1, 0.15) is 19.3 Å². The Morgan fingerprint density at radius 3 is 1.45 bits per heavy atom. The van der Waals surface area contributed by atoms with Crippen molar-refractivity contribution >= 4 is 19.7 Å². The summed E-state index contributed by atoms with van der Waals surface area (Å²) >= 11 is 0. The minimum Gasteiger partial charge on any atom is -0.756 e. The number of carbonyl (C=O) groups is 2. The van der Waals surface area contributed by atoms with Crippen LogP contribution < -0.4 is 10.2 Å². The summed E-state index contributed by atoms with van der Waals surface area (Å²) in [5.74, 6) is -0.632. The number of hydrogen-bond donors (Lipinski definition) is 1. The summed E-state index contributed by atoms with van der Waals surface area (Å²) in [5, 5.41) is 2.97. The molecule has 0 aromatic rings. The van der Waals surface area contributed by atoms with Crippen LogP contribution in [0, 0.1) is 0 Å². The molecule has 0 spiro atoms. The van der Waals surface area contributed by atoms with E-state index in [9.17, 15) is 19.0 Å². The zero-order chi connectivity index (χ0) is 49.4. The first-order chi connectivity index (χ1) is 32.4. The van der Waals surface area contributed by atoms with Crippen molar-refractivity contribution in [3.63, 3.8) is 0 Å². The number of nitrogens with one attached hydrogen (secondary N) is 1. The summed E-state index contributed by atoms with van der Waals surface area (Å²) in [4.78, 5) is 39.7. The number of hydrogen-bond acceptors (Lipinski definition) is 7. The molecule has 3 atom stereocenters. The second-order valence-corrected chi connectivity index (χ2v) is 19.5. The molecule has 3 unspecified atom stereocenters. The average molecular weight is 951 g/mol. The van der Waals surface area contributed by atoms with Crippen molar-refractivity contribution < 1.29 is 37.3 Å². The van der Waals surface area contributed by atoms with Crippen LogP contribution in [-0.4, -0.2) is 69.4 Å². The predicted molar refractivity (Wildman–Crippen MR) is 283 cm³/mol. The Labute approximate surface area is 410 Å². The van der Waals surface area contributed by atoms with Gasteiger partial charge in [-0.05, 0) is 70.3 Å². The van der Waals surface area contributed by atoms with E-state index in [4.69, 9.17) is 13.8 Å². The van der Waals surface area contributed by atoms with Crippen molar-refractivity contribution in [3.8, 4) is 0 Å². The number of rotatable bonds is 44. The van der Waals surface area contributed by atoms with Gasteiger partial charge in [0.05, 0.1) is 33.8 Å². The van der Waals surface area contributed by atoms with Gasteiger partial charge in [-0.1, -0.05) is 213 Å². The van der Waals surface area contributed by atoms with Crippen LogP contribution >= 0.6 is 7.82 Å². The quantitative estimate of drug-likeness (QED) is 0.0162. The molecule has 0 aliphatic heterocycles. The second kappa shape index (κ2) is 46.2. The Kier molecular flexibility index (Phi) is 43.7. The van der Waals surface area contributed by atoms with Crippen molar-refractivity contribution in [1.29, 1.82) is 0 Å². The fourth-order valence-corrected chi connectivity index (χ4v) is 7.33. The lowest BCUT2D eigenvalue weighted by Gasteiger charge is -2.30. The second-order valence-electron chi connectivity index (χ2n) is 18.1. The van der Waals surface area contributed by atoms with Gasteiger partial charge in [-0.2, -0.15) is 0 Å². The third-order valence-electron chi connectivity index (χ3n) is 10.6. The van der Waals surface area contributed by atoms with E-state index in [1.54, 1.807) is 6.08 Å². The van der Waals surface area contributed by atoms with Gasteiger partial charge in [0.25, 0.3) is 7.82 Å². The zero-order valence-corrected chi connectivity index (χ0v) is 43.9. The van der Waals surface area contributed by atoms with E-state index < -0.39 is 26.6 Å². The van der Waals surface area contributed by atoms with Crippen LogP contribution in [0.25, 0.3) is 0 Å². The number of amides is 1. The van der Waals surface area contributed by atoms with Gasteiger partial charge in [-0.3, -0.25) is 14.2 Å². The number of allylic oxidation sites excluding steroid dienone is 19. The van der Waals surface area contributed by atoms with Gasteiger partial charge in [0.2, 0.25) is 5.91 Å². The van der Waals surface area contributed by atoms with Gasteiger partial charge in [-0.25, -0.2) is 0 Å². The number of carbonyl (C=O) groups excluding carboxylic acids is 2. The van der Waals surface area contributed by atoms with Crippen LogP contribution in [0.5, 0.6) is 0 Å². The molecule has 1 amide bonds. The number of phosphoric ester groups is 1. The van der Waals surface area contributed by atoms with Gasteiger partial charge >= 0.3 is 5.97 Å². The zero-order valence-electron chi connectivity index (χ0n) is 43.0. The standard InChI is InChI=1S/C57H95N2O7P/c1-7-10-13-16-19-22-25-27-28-29-30-32-34-37-40-43-46-49-56(60)58-54(53-65-67(62,63)64-52-51-59(4,5)6)55(48-45-42-39-36-33-24-21-18-15-12-9-3)66-57(61)50-47-44-41-38-35-31-26-23-20-17-14-11-8-2/h10-11,13-14,16-17,19-20,22-23,25-30,32,34,45,48,54-55H,7-9,12,15,18,21,24,31,33,35-44,46-47,49-53H2,1-6H3,(H-,58,60,62,63)/b13-10-,14-11+,19-16+,20-17+,25-22+,26-23-,28-27-,30-29+,34-32+,48-45-. The highest BCUT2D eigenvalue weighted by atomic mass is 31.2. The number of ether oxygens (including phenoxy) is 1. The fraction of sp³-hybridized carbons (Fsp3) is 0.614. The molecule has 0 radical (unpaired) electrons. The monoisotopic (exact) mass is 951 g/mol. The van der Waals surface area contributed by atoms with E-state index in [2.05, 4.69) is 62.5 Å². The molecule has 0 heterocycles. The van der Waals surface area contributed by atoms with Crippen LogP contribution in [0.4, 0.5) is 0 Å². The van der Waals surface area contributed by atoms with E-state index in [-0.39, 0.29) is 31.3 Å². The van der Waals surface area contributed by atoms with Crippen LogP contribution in [0.3, 0.4) is 0 Å². The number of nitrogens with zero attached hydrogens (tertiary/aromatic N) is 1. The van der Waals surface area contributed by atoms with Gasteiger partial charge in [-0.15, -0.1) is 0 Å². The van der Waals surface area contributed by atoms with Crippen molar-refractivity contribution in [3.05, 3.63) is 122 Å². The molecule has 67 heavy (non-hydrogen) atoms. The maximum Gasteiger partial charge on any atom is 0.306 e. The summed E-state index contributed by atoms with van der Waals surface area (Å²) in [6.45, 7) is 6.46. The summed E-state index contributed by atoms with van der Waals surface area (Å²) in [6, 6.07) is -0.927. The molecule has 0 aliphatic rings. The van der Waals surface area contributed by atoms with E-state index in [0.717, 1.165) is 83.5 Å². The lowest BCUT2D eigenvalue weighted by Crippen LogP contribution is -2.47. The molecular weight excluding hydrogens is 856 g/mol. The molecule has 1 N–H and O–H groups in total. The highest BCUT2D eigenvalue weighted by Crippen LogP contribution is 2.38. The first kappa shape index (κ1) is 63.4. The predicted octanol–water partition coefficient (Wildman–Crippen LogP) is 14.6. The van der Waals surface area contributed by atoms with Crippen LogP contribution in [0.1, 0.15) is 175 Å². The Morgan fingerprint density at radius 2 is 0.955 bits per heavy atom. The molecule has 0 aromatic heterocycles. The van der Waals surface area contributed by atoms with Crippen molar-refractivity contribution in [2.75, 3.05) is 40.9 Å². The molecule has 0 aromatic carbocycles. The average Bonchev–Trinajstić information content (AvgIpc) is 3.28. The number of esters is 1. The Bertz CT molecular complexity index is 1560. The molecule has 0 fully saturated rings. The number of phosphoric acid groups is 1. The van der Waals surface area contributed by atoms with Crippen LogP contribution in [0.15, 0.2) is 122 Å². The maximum atomic E-state index is 13.4. The number of likely N-dealkylation sites (N-methyl/N-ethyl adjacent to an activating group) is 1. The van der Waals surface area contributed by atoms with Crippen molar-refractivity contribution in [2.24, 2.45) is 0 Å². The maximum absolute atomic E-state index is 13.4. The third-order valence-corrected chi connectivity index (χ3v) is 11.6. The third kappa shape index (κ3) is 47.3. The molecule has 0 bridgehead atoms. The number of unbranched alkanes of at least 4 members (excludes halogenated alkanes) is 17. The normalized spacial score (nSPS) is 14.9. The lowest BCUT2D eigenvalue weighted by atomic mass is 10.1. The molecule has 380 valence electrons. The van der Waals surface area contributed by atoms with E-state index >= 15 is 0 Å². The van der Waals surface area contributed by atoms with Gasteiger partial charge in [0.15, 0.2) is 0 Å². The highest BCUT2D eigenvalue weighted by Gasteiger charge is 2.27. The van der Waals surface area contributed by atoms with Crippen molar-refractivity contribution in [1.82, 2.24) is 5.32 Å². The molecule has 10 heteroatoms. The van der Waals surface area contributed by atoms with Crippen LogP contribution in [-0.2, 0) is 27.9 Å². The van der Waals surface area contributed by atoms with Crippen LogP contribution in [0.2, 0.25) is 0 Å². The van der Waals surface area contributed by atoms with Crippen molar-refractivity contribution in [2.45, 2.75) is 187 Å². The SMILES string of the molecule is CC\C=C/C=C/C=C/C=C\C=C\C=C\CCCCCC(=O)NC(COP(=O)([O-])OCC[N+](C)(C)C)C(/C=C\CCCCCCCCCCC)OC(=O)CCCCCCC\C=C/C=C/C=C/CC. The topological polar surface area (TPSA) is 114 Å². The molecule has 0 aliphatic carbocycles. The van der Waals surface area contributed by atoms with E-state index in [1.807, 2.05) is 100 Å². The first-order valence-corrected chi connectivity index (χ1v) is 27.4. The smallest absolute Gasteiger partial charge is 0.306 e. The minimum atomic E-state index is -4.71. The molecule has 9 nitrogen and oxygen atoms in total. The molecular formula is C57H95N2O7P. The Morgan fingerprint density at radius 1 is 0.537 bits per heavy atom. The van der Waals surface area contributed by atoms with Gasteiger partial charge < -0.3 is 28.5 Å². The minimum absolute atomic E-state index is 0.0426. The molecule has 0 rings (SSSR count). The lowest BCUT2D eigenvalue weighted by molar-refractivity contribution is -0.870. The Hall–Kier alpha value is -3.59. The molecule has 0 saturated carbocycles. The number of quaternary nitrogens is 1. The highest BCUT2D eigenvalue weighted by molar-refractivity contribution is 7.45. The van der Waals surface area contributed by atoms with E-state index in [0.29, 0.717) is 23.9 Å². The van der Waals surface area contributed by atoms with E-state index in [1.165, 1.54) is 44.9 Å². The summed E-state index contributed by atoms with van der Waals surface area (Å²) in [7, 11) is 1.11. The fourth-order valence-electron chi connectivity index (χ4n) is 6.61. The van der Waals surface area contributed by atoms with Gasteiger partial charge in [0, 0.05) is 12.8 Å². The summed E-state index contributed by atoms with van der Waals surface area (Å²) < 4.78 is 30.1. The Balaban J connectivity index is 5.55. The summed E-state index contributed by atoms with van der Waals surface area (Å²) in [5.41, 5.74) is 0. The first-order valence-electron chi connectivity index (χ1n) is 26.0. The largest absolute Gasteiger partial charge is 0.756 e. The molecule has 0 saturated heterocycles.